The van der Waals surface area contributed by atoms with Crippen LogP contribution in [0.15, 0.2) is 42.6 Å². The van der Waals surface area contributed by atoms with Crippen LogP contribution in [0.4, 0.5) is 35.2 Å². The van der Waals surface area contributed by atoms with Gasteiger partial charge in [0.25, 0.3) is 0 Å². The highest BCUT2D eigenvalue weighted by atomic mass is 19.4. The summed E-state index contributed by atoms with van der Waals surface area (Å²) in [6.07, 6.45) is -2.96. The molecule has 2 amide bonds. The third-order valence-electron chi connectivity index (χ3n) is 2.82. The highest BCUT2D eigenvalue weighted by Gasteiger charge is 2.30. The molecule has 0 saturated heterocycles. The van der Waals surface area contributed by atoms with Gasteiger partial charge in [-0.15, -0.1) is 0 Å². The van der Waals surface area contributed by atoms with E-state index in [1.165, 1.54) is 24.4 Å². The summed E-state index contributed by atoms with van der Waals surface area (Å²) in [6, 6.07) is 7.55. The van der Waals surface area contributed by atoms with Crippen LogP contribution >= 0.6 is 0 Å². The fourth-order valence-electron chi connectivity index (χ4n) is 1.84. The van der Waals surface area contributed by atoms with E-state index in [1.54, 1.807) is 13.0 Å². The molecule has 5 nitrogen and oxygen atoms in total. The van der Waals surface area contributed by atoms with E-state index in [0.717, 1.165) is 12.1 Å². The van der Waals surface area contributed by atoms with Crippen molar-refractivity contribution < 1.29 is 18.0 Å². The van der Waals surface area contributed by atoms with Crippen LogP contribution < -0.4 is 16.0 Å². The lowest BCUT2D eigenvalue weighted by molar-refractivity contribution is -0.137. The van der Waals surface area contributed by atoms with Gasteiger partial charge in [0, 0.05) is 30.2 Å². The van der Waals surface area contributed by atoms with Crippen molar-refractivity contribution in [2.75, 3.05) is 17.2 Å². The Morgan fingerprint density at radius 1 is 1.17 bits per heavy atom. The van der Waals surface area contributed by atoms with Crippen LogP contribution in [0, 0.1) is 0 Å². The van der Waals surface area contributed by atoms with Gasteiger partial charge in [-0.3, -0.25) is 5.32 Å². The number of hydrogen-bond acceptors (Lipinski definition) is 3. The largest absolute Gasteiger partial charge is 0.416 e. The predicted octanol–water partition coefficient (Wildman–Crippen LogP) is 3.99. The maximum atomic E-state index is 12.7. The first-order valence-corrected chi connectivity index (χ1v) is 6.83. The Hall–Kier alpha value is -2.77. The van der Waals surface area contributed by atoms with E-state index >= 15 is 0 Å². The summed E-state index contributed by atoms with van der Waals surface area (Å²) >= 11 is 0. The van der Waals surface area contributed by atoms with Crippen LogP contribution in [0.25, 0.3) is 0 Å². The Kier molecular flexibility index (Phi) is 5.05. The van der Waals surface area contributed by atoms with Gasteiger partial charge in [-0.2, -0.15) is 13.2 Å². The number of nitrogens with one attached hydrogen (secondary N) is 3. The number of halogens is 3. The van der Waals surface area contributed by atoms with E-state index in [1.807, 2.05) is 0 Å². The Morgan fingerprint density at radius 3 is 2.61 bits per heavy atom. The predicted molar refractivity (Wildman–Crippen MR) is 81.7 cm³/mol. The molecule has 3 N–H and O–H groups in total. The second kappa shape index (κ2) is 6.99. The first-order valence-electron chi connectivity index (χ1n) is 6.83. The van der Waals surface area contributed by atoms with Gasteiger partial charge < -0.3 is 10.6 Å². The van der Waals surface area contributed by atoms with Gasteiger partial charge >= 0.3 is 12.2 Å². The fourth-order valence-corrected chi connectivity index (χ4v) is 1.84. The summed E-state index contributed by atoms with van der Waals surface area (Å²) in [7, 11) is 0. The maximum absolute atomic E-state index is 12.7. The molecule has 0 fully saturated rings. The average Bonchev–Trinajstić information content (AvgIpc) is 2.47. The van der Waals surface area contributed by atoms with Crippen LogP contribution in [0.1, 0.15) is 12.5 Å². The van der Waals surface area contributed by atoms with Gasteiger partial charge in [0.05, 0.1) is 5.56 Å². The van der Waals surface area contributed by atoms with E-state index in [4.69, 9.17) is 0 Å². The molecule has 1 aromatic heterocycles. The smallest absolute Gasteiger partial charge is 0.355 e. The first kappa shape index (κ1) is 16.6. The van der Waals surface area contributed by atoms with Crippen LogP contribution in [-0.4, -0.2) is 17.6 Å². The van der Waals surface area contributed by atoms with Crippen molar-refractivity contribution in [3.8, 4) is 0 Å². The lowest BCUT2D eigenvalue weighted by Crippen LogP contribution is -2.28. The summed E-state index contributed by atoms with van der Waals surface area (Å²) in [4.78, 5) is 15.4. The van der Waals surface area contributed by atoms with Crippen molar-refractivity contribution in [2.45, 2.75) is 13.1 Å². The Morgan fingerprint density at radius 2 is 1.91 bits per heavy atom. The highest BCUT2D eigenvalue weighted by Crippen LogP contribution is 2.31. The molecule has 0 unspecified atom stereocenters. The van der Waals surface area contributed by atoms with Gasteiger partial charge in [0.1, 0.15) is 5.82 Å². The van der Waals surface area contributed by atoms with Gasteiger partial charge in [-0.05, 0) is 31.2 Å². The molecule has 122 valence electrons. The molecule has 1 heterocycles. The zero-order valence-corrected chi connectivity index (χ0v) is 12.2. The van der Waals surface area contributed by atoms with E-state index in [2.05, 4.69) is 20.9 Å². The minimum absolute atomic E-state index is 0.285. The molecule has 0 saturated carbocycles. The van der Waals surface area contributed by atoms with Crippen LogP contribution in [-0.2, 0) is 6.18 Å². The molecule has 2 aromatic rings. The summed E-state index contributed by atoms with van der Waals surface area (Å²) < 4.78 is 38.1. The van der Waals surface area contributed by atoms with Crippen LogP contribution in [0.5, 0.6) is 0 Å². The third kappa shape index (κ3) is 4.87. The molecule has 0 aliphatic carbocycles. The summed E-state index contributed by atoms with van der Waals surface area (Å²) in [6.45, 7) is 2.24. The number of pyridine rings is 1. The maximum Gasteiger partial charge on any atom is 0.416 e. The van der Waals surface area contributed by atoms with E-state index in [0.29, 0.717) is 12.2 Å². The summed E-state index contributed by atoms with van der Waals surface area (Å²) in [5.41, 5.74) is 0.0540. The molecule has 8 heteroatoms. The number of amides is 2. The first-order chi connectivity index (χ1) is 10.9. The molecule has 0 radical (unpaired) electrons. The molecule has 1 aromatic carbocycles. The SMILES string of the molecule is CCNC(=O)Nc1cc(Nc2cccc(C(F)(F)F)c2)ccn1. The van der Waals surface area contributed by atoms with Gasteiger partial charge in [-0.25, -0.2) is 9.78 Å². The number of benzene rings is 1. The van der Waals surface area contributed by atoms with Gasteiger partial charge in [-0.1, -0.05) is 6.07 Å². The molecule has 0 aliphatic rings. The van der Waals surface area contributed by atoms with Crippen LogP contribution in [0.2, 0.25) is 0 Å². The number of carbonyl (C=O) groups excluding carboxylic acids is 1. The molecule has 0 atom stereocenters. The number of hydrogen-bond donors (Lipinski definition) is 3. The monoisotopic (exact) mass is 324 g/mol. The van der Waals surface area contributed by atoms with Crippen molar-refractivity contribution in [3.63, 3.8) is 0 Å². The topological polar surface area (TPSA) is 66.1 Å². The number of aromatic nitrogens is 1. The van der Waals surface area contributed by atoms with Crippen molar-refractivity contribution >= 4 is 23.2 Å². The normalized spacial score (nSPS) is 11.0. The molecule has 0 bridgehead atoms. The van der Waals surface area contributed by atoms with E-state index < -0.39 is 17.8 Å². The van der Waals surface area contributed by atoms with Crippen molar-refractivity contribution in [3.05, 3.63) is 48.2 Å². The molecule has 23 heavy (non-hydrogen) atoms. The molecule has 0 spiro atoms. The zero-order chi connectivity index (χ0) is 16.9. The standard InChI is InChI=1S/C15H15F3N4O/c1-2-19-14(23)22-13-9-12(6-7-20-13)21-11-5-3-4-10(8-11)15(16,17)18/h3-9H,2H2,1H3,(H3,19,20,21,22,23). The van der Waals surface area contributed by atoms with Gasteiger partial charge in [0.2, 0.25) is 0 Å². The second-order valence-corrected chi connectivity index (χ2v) is 4.62. The lowest BCUT2D eigenvalue weighted by Gasteiger charge is -2.11. The number of anilines is 3. The average molecular weight is 324 g/mol. The van der Waals surface area contributed by atoms with Crippen LogP contribution in [0.3, 0.4) is 0 Å². The van der Waals surface area contributed by atoms with E-state index in [-0.39, 0.29) is 11.5 Å². The Balaban J connectivity index is 2.13. The number of urea groups is 1. The lowest BCUT2D eigenvalue weighted by atomic mass is 10.2. The molecule has 0 aliphatic heterocycles. The van der Waals surface area contributed by atoms with Crippen molar-refractivity contribution in [1.82, 2.24) is 10.3 Å². The number of nitrogens with zero attached hydrogens (tertiary/aromatic N) is 1. The number of carbonyl (C=O) groups is 1. The Bertz CT molecular complexity index is 688. The molecular weight excluding hydrogens is 309 g/mol. The molecule has 2 rings (SSSR count). The molecular formula is C15H15F3N4O. The minimum atomic E-state index is -4.40. The number of alkyl halides is 3. The van der Waals surface area contributed by atoms with Crippen molar-refractivity contribution in [1.29, 1.82) is 0 Å². The quantitative estimate of drug-likeness (QED) is 0.797. The second-order valence-electron chi connectivity index (χ2n) is 4.62. The zero-order valence-electron chi connectivity index (χ0n) is 12.2. The number of rotatable bonds is 4. The van der Waals surface area contributed by atoms with Gasteiger partial charge in [0.15, 0.2) is 0 Å². The third-order valence-corrected chi connectivity index (χ3v) is 2.82. The minimum Gasteiger partial charge on any atom is -0.355 e. The fraction of sp³-hybridized carbons (Fsp3) is 0.200. The summed E-state index contributed by atoms with van der Waals surface area (Å²) in [5, 5.41) is 7.93. The summed E-state index contributed by atoms with van der Waals surface area (Å²) in [5.74, 6) is 0.285. The highest BCUT2D eigenvalue weighted by molar-refractivity contribution is 5.88. The van der Waals surface area contributed by atoms with E-state index in [9.17, 15) is 18.0 Å². The Labute approximate surface area is 130 Å². The van der Waals surface area contributed by atoms with Crippen molar-refractivity contribution in [2.24, 2.45) is 0 Å².